The fourth-order valence-corrected chi connectivity index (χ4v) is 4.57. The van der Waals surface area contributed by atoms with Gasteiger partial charge in [0.05, 0.1) is 5.56 Å². The summed E-state index contributed by atoms with van der Waals surface area (Å²) in [6.45, 7) is 6.79. The zero-order chi connectivity index (χ0) is 16.1. The van der Waals surface area contributed by atoms with E-state index in [4.69, 9.17) is 5.73 Å². The molecule has 0 aliphatic heterocycles. The standard InChI is InChI=1S/C17H24N2O2S/c1-17(2,3)10-6-7-11-12(8-10)22-16(13(11)14(18)20)19-15(21)9-4-5-9/h9-10H,4-8H2,1-3H3,(H2,18,20)(H,19,21)/t10-/m1/s1. The first-order chi connectivity index (χ1) is 10.3. The van der Waals surface area contributed by atoms with Crippen molar-refractivity contribution in [1.29, 1.82) is 0 Å². The van der Waals surface area contributed by atoms with Crippen LogP contribution in [0.3, 0.4) is 0 Å². The monoisotopic (exact) mass is 320 g/mol. The Hall–Kier alpha value is -1.36. The van der Waals surface area contributed by atoms with Gasteiger partial charge in [0.15, 0.2) is 0 Å². The Balaban J connectivity index is 1.90. The molecule has 3 N–H and O–H groups in total. The van der Waals surface area contributed by atoms with Gasteiger partial charge in [0.1, 0.15) is 5.00 Å². The summed E-state index contributed by atoms with van der Waals surface area (Å²) in [6, 6.07) is 0. The molecule has 2 amide bonds. The first-order valence-electron chi connectivity index (χ1n) is 8.02. The van der Waals surface area contributed by atoms with E-state index in [0.717, 1.165) is 37.7 Å². The van der Waals surface area contributed by atoms with Crippen LogP contribution < -0.4 is 11.1 Å². The maximum absolute atomic E-state index is 12.0. The maximum Gasteiger partial charge on any atom is 0.251 e. The van der Waals surface area contributed by atoms with Gasteiger partial charge in [-0.3, -0.25) is 9.59 Å². The van der Waals surface area contributed by atoms with Crippen molar-refractivity contribution >= 4 is 28.2 Å². The minimum atomic E-state index is -0.419. The number of hydrogen-bond acceptors (Lipinski definition) is 3. The molecule has 3 rings (SSSR count). The highest BCUT2D eigenvalue weighted by atomic mass is 32.1. The molecule has 2 aliphatic carbocycles. The molecule has 1 atom stereocenters. The highest BCUT2D eigenvalue weighted by molar-refractivity contribution is 7.17. The number of anilines is 1. The number of carbonyl (C=O) groups is 2. The van der Waals surface area contributed by atoms with Crippen LogP contribution in [0.25, 0.3) is 0 Å². The molecule has 0 spiro atoms. The molecule has 0 saturated heterocycles. The van der Waals surface area contributed by atoms with E-state index >= 15 is 0 Å². The van der Waals surface area contributed by atoms with Gasteiger partial charge < -0.3 is 11.1 Å². The molecule has 22 heavy (non-hydrogen) atoms. The lowest BCUT2D eigenvalue weighted by atomic mass is 9.72. The van der Waals surface area contributed by atoms with Crippen LogP contribution in [0.2, 0.25) is 0 Å². The number of carbonyl (C=O) groups excluding carboxylic acids is 2. The molecular weight excluding hydrogens is 296 g/mol. The number of primary amides is 1. The normalized spacial score (nSPS) is 21.3. The fourth-order valence-electron chi connectivity index (χ4n) is 3.23. The quantitative estimate of drug-likeness (QED) is 0.896. The van der Waals surface area contributed by atoms with Gasteiger partial charge in [0.2, 0.25) is 5.91 Å². The molecule has 1 aromatic heterocycles. The minimum absolute atomic E-state index is 0.0356. The first kappa shape index (κ1) is 15.5. The van der Waals surface area contributed by atoms with Crippen molar-refractivity contribution in [3.63, 3.8) is 0 Å². The molecule has 0 aromatic carbocycles. The Morgan fingerprint density at radius 2 is 1.91 bits per heavy atom. The molecule has 5 heteroatoms. The molecule has 0 unspecified atom stereocenters. The average molecular weight is 320 g/mol. The van der Waals surface area contributed by atoms with E-state index < -0.39 is 5.91 Å². The number of thiophene rings is 1. The summed E-state index contributed by atoms with van der Waals surface area (Å²) in [7, 11) is 0. The van der Waals surface area contributed by atoms with Gasteiger partial charge in [0.25, 0.3) is 5.91 Å². The van der Waals surface area contributed by atoms with Crippen LogP contribution in [0.5, 0.6) is 0 Å². The smallest absolute Gasteiger partial charge is 0.251 e. The summed E-state index contributed by atoms with van der Waals surface area (Å²) >= 11 is 1.55. The number of amides is 2. The molecule has 1 heterocycles. The fraction of sp³-hybridized carbons (Fsp3) is 0.647. The summed E-state index contributed by atoms with van der Waals surface area (Å²) in [5.41, 5.74) is 7.47. The van der Waals surface area contributed by atoms with E-state index in [0.29, 0.717) is 16.5 Å². The van der Waals surface area contributed by atoms with Gasteiger partial charge in [-0.2, -0.15) is 0 Å². The van der Waals surface area contributed by atoms with Crippen molar-refractivity contribution in [2.24, 2.45) is 23.0 Å². The Bertz CT molecular complexity index is 623. The predicted octanol–water partition coefficient (Wildman–Crippen LogP) is 3.35. The van der Waals surface area contributed by atoms with Gasteiger partial charge >= 0.3 is 0 Å². The second-order valence-electron chi connectivity index (χ2n) is 7.64. The third-order valence-corrected chi connectivity index (χ3v) is 6.09. The van der Waals surface area contributed by atoms with E-state index in [9.17, 15) is 9.59 Å². The Kier molecular flexibility index (Phi) is 3.79. The van der Waals surface area contributed by atoms with Crippen molar-refractivity contribution in [2.75, 3.05) is 5.32 Å². The Morgan fingerprint density at radius 1 is 1.23 bits per heavy atom. The number of rotatable bonds is 3. The van der Waals surface area contributed by atoms with E-state index in [1.165, 1.54) is 4.88 Å². The number of nitrogens with two attached hydrogens (primary N) is 1. The van der Waals surface area contributed by atoms with Crippen LogP contribution >= 0.6 is 11.3 Å². The third kappa shape index (κ3) is 2.91. The summed E-state index contributed by atoms with van der Waals surface area (Å²) in [4.78, 5) is 25.1. The first-order valence-corrected chi connectivity index (χ1v) is 8.84. The SMILES string of the molecule is CC(C)(C)[C@@H]1CCc2c(sc(NC(=O)C3CC3)c2C(N)=O)C1. The second kappa shape index (κ2) is 5.37. The number of hydrogen-bond donors (Lipinski definition) is 2. The molecular formula is C17H24N2O2S. The van der Waals surface area contributed by atoms with Gasteiger partial charge in [0, 0.05) is 10.8 Å². The molecule has 1 saturated carbocycles. The van der Waals surface area contributed by atoms with E-state index in [2.05, 4.69) is 26.1 Å². The van der Waals surface area contributed by atoms with Crippen molar-refractivity contribution < 1.29 is 9.59 Å². The summed E-state index contributed by atoms with van der Waals surface area (Å²) in [5, 5.41) is 3.61. The minimum Gasteiger partial charge on any atom is -0.365 e. The lowest BCUT2D eigenvalue weighted by molar-refractivity contribution is -0.117. The van der Waals surface area contributed by atoms with Crippen molar-refractivity contribution in [3.05, 3.63) is 16.0 Å². The lowest BCUT2D eigenvalue weighted by Gasteiger charge is -2.33. The Labute approximate surface area is 135 Å². The van der Waals surface area contributed by atoms with Gasteiger partial charge in [-0.1, -0.05) is 20.8 Å². The van der Waals surface area contributed by atoms with E-state index in [-0.39, 0.29) is 17.2 Å². The molecule has 2 aliphatic rings. The van der Waals surface area contributed by atoms with Crippen LogP contribution in [-0.4, -0.2) is 11.8 Å². The largest absolute Gasteiger partial charge is 0.365 e. The lowest BCUT2D eigenvalue weighted by Crippen LogP contribution is -2.27. The van der Waals surface area contributed by atoms with Crippen LogP contribution in [0.1, 0.15) is 60.8 Å². The maximum atomic E-state index is 12.0. The van der Waals surface area contributed by atoms with Gasteiger partial charge in [-0.05, 0) is 49.0 Å². The second-order valence-corrected chi connectivity index (χ2v) is 8.75. The summed E-state index contributed by atoms with van der Waals surface area (Å²) in [5.74, 6) is 0.347. The average Bonchev–Trinajstić information content (AvgIpc) is 3.18. The molecule has 4 nitrogen and oxygen atoms in total. The van der Waals surface area contributed by atoms with Gasteiger partial charge in [-0.15, -0.1) is 11.3 Å². The Morgan fingerprint density at radius 3 is 2.45 bits per heavy atom. The summed E-state index contributed by atoms with van der Waals surface area (Å²) < 4.78 is 0. The molecule has 1 fully saturated rings. The summed E-state index contributed by atoms with van der Waals surface area (Å²) in [6.07, 6.45) is 4.84. The van der Waals surface area contributed by atoms with Crippen LogP contribution in [-0.2, 0) is 17.6 Å². The topological polar surface area (TPSA) is 72.2 Å². The molecule has 1 aromatic rings. The van der Waals surface area contributed by atoms with Crippen molar-refractivity contribution in [2.45, 2.75) is 52.9 Å². The van der Waals surface area contributed by atoms with Gasteiger partial charge in [-0.25, -0.2) is 0 Å². The van der Waals surface area contributed by atoms with Crippen LogP contribution in [0.15, 0.2) is 0 Å². The highest BCUT2D eigenvalue weighted by Crippen LogP contribution is 2.44. The van der Waals surface area contributed by atoms with Crippen LogP contribution in [0, 0.1) is 17.3 Å². The van der Waals surface area contributed by atoms with Crippen LogP contribution in [0.4, 0.5) is 5.00 Å². The third-order valence-electron chi connectivity index (χ3n) is 4.92. The molecule has 0 radical (unpaired) electrons. The molecule has 120 valence electrons. The predicted molar refractivity (Wildman–Crippen MR) is 89.2 cm³/mol. The molecule has 0 bridgehead atoms. The van der Waals surface area contributed by atoms with E-state index in [1.807, 2.05) is 0 Å². The zero-order valence-electron chi connectivity index (χ0n) is 13.5. The highest BCUT2D eigenvalue weighted by Gasteiger charge is 2.35. The number of nitrogens with one attached hydrogen (secondary N) is 1. The zero-order valence-corrected chi connectivity index (χ0v) is 14.3. The van der Waals surface area contributed by atoms with Crippen molar-refractivity contribution in [1.82, 2.24) is 0 Å². The van der Waals surface area contributed by atoms with E-state index in [1.54, 1.807) is 11.3 Å². The van der Waals surface area contributed by atoms with Crippen molar-refractivity contribution in [3.8, 4) is 0 Å². The number of fused-ring (bicyclic) bond motifs is 1.